The molecule has 0 aliphatic heterocycles. The summed E-state index contributed by atoms with van der Waals surface area (Å²) in [5.41, 5.74) is 11.2. The van der Waals surface area contributed by atoms with E-state index >= 15 is 0 Å². The first-order chi connectivity index (χ1) is 10.1. The fraction of sp³-hybridized carbons (Fsp3) is 0.333. The Bertz CT molecular complexity index is 602. The molecule has 0 fully saturated rings. The Morgan fingerprint density at radius 3 is 2.24 bits per heavy atom. The Hall–Kier alpha value is -2.00. The Kier molecular flexibility index (Phi) is 4.86. The van der Waals surface area contributed by atoms with Gasteiger partial charge >= 0.3 is 0 Å². The second kappa shape index (κ2) is 6.64. The number of hydrogen-bond acceptors (Lipinski definition) is 3. The van der Waals surface area contributed by atoms with Gasteiger partial charge in [-0.15, -0.1) is 0 Å². The van der Waals surface area contributed by atoms with Gasteiger partial charge in [0.1, 0.15) is 11.5 Å². The van der Waals surface area contributed by atoms with Crippen LogP contribution in [0.3, 0.4) is 0 Å². The lowest BCUT2D eigenvalue weighted by Crippen LogP contribution is -2.16. The van der Waals surface area contributed by atoms with Gasteiger partial charge in [-0.1, -0.05) is 18.2 Å². The largest absolute Gasteiger partial charge is 0.497 e. The summed E-state index contributed by atoms with van der Waals surface area (Å²) in [4.78, 5) is 0. The third-order valence-electron chi connectivity index (χ3n) is 3.90. The normalized spacial score (nSPS) is 12.0. The van der Waals surface area contributed by atoms with Gasteiger partial charge in [0.2, 0.25) is 0 Å². The van der Waals surface area contributed by atoms with Crippen LogP contribution in [0, 0.1) is 13.8 Å². The molecule has 0 saturated heterocycles. The molecule has 3 nitrogen and oxygen atoms in total. The molecule has 0 aliphatic rings. The van der Waals surface area contributed by atoms with Gasteiger partial charge < -0.3 is 15.2 Å². The van der Waals surface area contributed by atoms with Crippen LogP contribution in [0.1, 0.15) is 28.3 Å². The number of methoxy groups -OCH3 is 2. The van der Waals surface area contributed by atoms with E-state index in [9.17, 15) is 0 Å². The Labute approximate surface area is 126 Å². The third kappa shape index (κ3) is 3.37. The zero-order valence-corrected chi connectivity index (χ0v) is 13.1. The predicted octanol–water partition coefficient (Wildman–Crippen LogP) is 3.56. The summed E-state index contributed by atoms with van der Waals surface area (Å²) < 4.78 is 10.7. The monoisotopic (exact) mass is 285 g/mol. The molecule has 1 unspecified atom stereocenters. The standard InChI is InChI=1S/C18H23NO2/c1-12-6-5-7-13(2)15(12)11-17(19)16-10-14(20-3)8-9-18(16)21-4/h5-10,17H,11,19H2,1-4H3. The molecule has 112 valence electrons. The van der Waals surface area contributed by atoms with Gasteiger partial charge in [0.05, 0.1) is 14.2 Å². The fourth-order valence-corrected chi connectivity index (χ4v) is 2.63. The first-order valence-electron chi connectivity index (χ1n) is 7.09. The van der Waals surface area contributed by atoms with E-state index in [4.69, 9.17) is 15.2 Å². The molecule has 0 amide bonds. The Balaban J connectivity index is 2.33. The molecule has 3 heteroatoms. The molecule has 2 rings (SSSR count). The summed E-state index contributed by atoms with van der Waals surface area (Å²) >= 11 is 0. The van der Waals surface area contributed by atoms with Crippen LogP contribution >= 0.6 is 0 Å². The zero-order valence-electron chi connectivity index (χ0n) is 13.1. The maximum absolute atomic E-state index is 6.43. The van der Waals surface area contributed by atoms with Crippen molar-refractivity contribution in [2.75, 3.05) is 14.2 Å². The van der Waals surface area contributed by atoms with E-state index < -0.39 is 0 Å². The minimum absolute atomic E-state index is 0.130. The van der Waals surface area contributed by atoms with E-state index in [-0.39, 0.29) is 6.04 Å². The summed E-state index contributed by atoms with van der Waals surface area (Å²) in [5, 5.41) is 0. The van der Waals surface area contributed by atoms with Crippen LogP contribution in [0.4, 0.5) is 0 Å². The lowest BCUT2D eigenvalue weighted by atomic mass is 9.93. The molecule has 0 aromatic heterocycles. The highest BCUT2D eigenvalue weighted by Gasteiger charge is 2.16. The third-order valence-corrected chi connectivity index (χ3v) is 3.90. The van der Waals surface area contributed by atoms with Crippen molar-refractivity contribution in [2.45, 2.75) is 26.3 Å². The molecule has 2 aromatic rings. The SMILES string of the molecule is COc1ccc(OC)c(C(N)Cc2c(C)cccc2C)c1. The van der Waals surface area contributed by atoms with Gasteiger partial charge in [-0.25, -0.2) is 0 Å². The highest BCUT2D eigenvalue weighted by molar-refractivity contribution is 5.44. The molecule has 0 heterocycles. The van der Waals surface area contributed by atoms with E-state index in [0.29, 0.717) is 0 Å². The van der Waals surface area contributed by atoms with E-state index in [0.717, 1.165) is 23.5 Å². The first kappa shape index (κ1) is 15.4. The highest BCUT2D eigenvalue weighted by atomic mass is 16.5. The van der Waals surface area contributed by atoms with Crippen molar-refractivity contribution in [3.63, 3.8) is 0 Å². The number of aryl methyl sites for hydroxylation is 2. The molecule has 0 saturated carbocycles. The molecule has 0 radical (unpaired) electrons. The van der Waals surface area contributed by atoms with Crippen molar-refractivity contribution >= 4 is 0 Å². The number of nitrogens with two attached hydrogens (primary N) is 1. The smallest absolute Gasteiger partial charge is 0.123 e. The molecule has 21 heavy (non-hydrogen) atoms. The van der Waals surface area contributed by atoms with Crippen molar-refractivity contribution in [1.82, 2.24) is 0 Å². The summed E-state index contributed by atoms with van der Waals surface area (Å²) in [6.45, 7) is 4.25. The number of benzene rings is 2. The maximum atomic E-state index is 6.43. The quantitative estimate of drug-likeness (QED) is 0.913. The van der Waals surface area contributed by atoms with E-state index in [1.807, 2.05) is 18.2 Å². The van der Waals surface area contributed by atoms with Gasteiger partial charge in [0, 0.05) is 11.6 Å². The second-order valence-electron chi connectivity index (χ2n) is 5.29. The summed E-state index contributed by atoms with van der Waals surface area (Å²) in [5.74, 6) is 1.59. The van der Waals surface area contributed by atoms with Crippen LogP contribution in [0.25, 0.3) is 0 Å². The maximum Gasteiger partial charge on any atom is 0.123 e. The van der Waals surface area contributed by atoms with Gasteiger partial charge in [-0.05, 0) is 55.2 Å². The summed E-state index contributed by atoms with van der Waals surface area (Å²) in [6, 6.07) is 11.9. The Morgan fingerprint density at radius 1 is 1.00 bits per heavy atom. The highest BCUT2D eigenvalue weighted by Crippen LogP contribution is 2.31. The molecule has 1 atom stereocenters. The van der Waals surface area contributed by atoms with Crippen molar-refractivity contribution in [1.29, 1.82) is 0 Å². The van der Waals surface area contributed by atoms with Crippen LogP contribution in [-0.4, -0.2) is 14.2 Å². The van der Waals surface area contributed by atoms with Gasteiger partial charge in [0.15, 0.2) is 0 Å². The number of hydrogen-bond donors (Lipinski definition) is 1. The summed E-state index contributed by atoms with van der Waals surface area (Å²) in [7, 11) is 3.32. The average molecular weight is 285 g/mol. The van der Waals surface area contributed by atoms with E-state index in [1.54, 1.807) is 14.2 Å². The molecule has 0 bridgehead atoms. The summed E-state index contributed by atoms with van der Waals surface area (Å²) in [6.07, 6.45) is 0.780. The number of rotatable bonds is 5. The average Bonchev–Trinajstić information content (AvgIpc) is 2.50. The molecule has 0 aliphatic carbocycles. The molecule has 0 spiro atoms. The zero-order chi connectivity index (χ0) is 15.4. The Morgan fingerprint density at radius 2 is 1.67 bits per heavy atom. The van der Waals surface area contributed by atoms with Crippen molar-refractivity contribution < 1.29 is 9.47 Å². The fourth-order valence-electron chi connectivity index (χ4n) is 2.63. The minimum Gasteiger partial charge on any atom is -0.497 e. The lowest BCUT2D eigenvalue weighted by Gasteiger charge is -2.19. The van der Waals surface area contributed by atoms with Crippen LogP contribution in [0.2, 0.25) is 0 Å². The van der Waals surface area contributed by atoms with Crippen molar-refractivity contribution in [2.24, 2.45) is 5.73 Å². The molecular formula is C18H23NO2. The van der Waals surface area contributed by atoms with Crippen LogP contribution in [0.5, 0.6) is 11.5 Å². The second-order valence-corrected chi connectivity index (χ2v) is 5.29. The first-order valence-corrected chi connectivity index (χ1v) is 7.09. The predicted molar refractivity (Wildman–Crippen MR) is 86.1 cm³/mol. The van der Waals surface area contributed by atoms with Gasteiger partial charge in [-0.2, -0.15) is 0 Å². The van der Waals surface area contributed by atoms with Gasteiger partial charge in [0.25, 0.3) is 0 Å². The van der Waals surface area contributed by atoms with Crippen molar-refractivity contribution in [3.8, 4) is 11.5 Å². The number of ether oxygens (including phenoxy) is 2. The van der Waals surface area contributed by atoms with E-state index in [1.165, 1.54) is 16.7 Å². The van der Waals surface area contributed by atoms with Crippen LogP contribution in [0.15, 0.2) is 36.4 Å². The van der Waals surface area contributed by atoms with Gasteiger partial charge in [-0.3, -0.25) is 0 Å². The molecule has 2 N–H and O–H groups in total. The van der Waals surface area contributed by atoms with Crippen molar-refractivity contribution in [3.05, 3.63) is 58.7 Å². The topological polar surface area (TPSA) is 44.5 Å². The molecule has 2 aromatic carbocycles. The molecular weight excluding hydrogens is 262 g/mol. The van der Waals surface area contributed by atoms with Crippen LogP contribution in [-0.2, 0) is 6.42 Å². The van der Waals surface area contributed by atoms with Crippen LogP contribution < -0.4 is 15.2 Å². The minimum atomic E-state index is -0.130. The van der Waals surface area contributed by atoms with E-state index in [2.05, 4.69) is 32.0 Å². The lowest BCUT2D eigenvalue weighted by molar-refractivity contribution is 0.395.